The van der Waals surface area contributed by atoms with Crippen molar-refractivity contribution in [2.24, 2.45) is 0 Å². The number of imide groups is 1. The normalized spacial score (nSPS) is 22.3. The van der Waals surface area contributed by atoms with Crippen LogP contribution in [0, 0.1) is 0 Å². The Morgan fingerprint density at radius 3 is 2.93 bits per heavy atom. The first-order chi connectivity index (χ1) is 6.70. The molecule has 14 heavy (non-hydrogen) atoms. The second kappa shape index (κ2) is 4.95. The minimum absolute atomic E-state index is 0.221. The summed E-state index contributed by atoms with van der Waals surface area (Å²) in [5.74, 6) is -0.221. The zero-order valence-corrected chi connectivity index (χ0v) is 8.49. The minimum atomic E-state index is -0.607. The van der Waals surface area contributed by atoms with Crippen molar-refractivity contribution in [3.8, 4) is 0 Å². The van der Waals surface area contributed by atoms with Gasteiger partial charge in [0.15, 0.2) is 0 Å². The Balaban J connectivity index is 2.68. The van der Waals surface area contributed by atoms with Crippen LogP contribution in [0.3, 0.4) is 0 Å². The van der Waals surface area contributed by atoms with Crippen LogP contribution in [0.15, 0.2) is 0 Å². The molecule has 2 amide bonds. The number of carbonyl (C=O) groups excluding carboxylic acids is 2. The van der Waals surface area contributed by atoms with Gasteiger partial charge in [-0.1, -0.05) is 0 Å². The molecule has 1 atom stereocenters. The summed E-state index contributed by atoms with van der Waals surface area (Å²) in [6, 6.07) is 0. The molecule has 0 aromatic carbocycles. The third-order valence-corrected chi connectivity index (χ3v) is 2.13. The molecular formula is C9H15NO4. The maximum absolute atomic E-state index is 11.4. The lowest BCUT2D eigenvalue weighted by atomic mass is 10.1. The van der Waals surface area contributed by atoms with Gasteiger partial charge < -0.3 is 9.47 Å². The minimum Gasteiger partial charge on any atom is -0.449 e. The van der Waals surface area contributed by atoms with Crippen molar-refractivity contribution in [1.29, 1.82) is 0 Å². The number of hydrogen-bond donors (Lipinski definition) is 0. The number of ether oxygens (including phenoxy) is 2. The second-order valence-corrected chi connectivity index (χ2v) is 3.05. The average molecular weight is 201 g/mol. The van der Waals surface area contributed by atoms with Gasteiger partial charge in [-0.15, -0.1) is 0 Å². The first-order valence-corrected chi connectivity index (χ1v) is 4.72. The molecule has 0 N–H and O–H groups in total. The molecule has 1 saturated heterocycles. The molecule has 0 bridgehead atoms. The predicted molar refractivity (Wildman–Crippen MR) is 48.5 cm³/mol. The van der Waals surface area contributed by atoms with Gasteiger partial charge in [0.2, 0.25) is 5.91 Å². The molecule has 80 valence electrons. The molecule has 5 heteroatoms. The predicted octanol–water partition coefficient (Wildman–Crippen LogP) is 1.13. The fraction of sp³-hybridized carbons (Fsp3) is 0.778. The number of piperidine rings is 1. The van der Waals surface area contributed by atoms with E-state index in [4.69, 9.17) is 9.47 Å². The number of amides is 2. The van der Waals surface area contributed by atoms with Crippen molar-refractivity contribution in [2.45, 2.75) is 32.4 Å². The Morgan fingerprint density at radius 2 is 2.36 bits per heavy atom. The summed E-state index contributed by atoms with van der Waals surface area (Å²) in [7, 11) is 1.48. The highest BCUT2D eigenvalue weighted by Crippen LogP contribution is 2.19. The van der Waals surface area contributed by atoms with Gasteiger partial charge in [0, 0.05) is 13.5 Å². The maximum atomic E-state index is 11.4. The highest BCUT2D eigenvalue weighted by molar-refractivity contribution is 5.92. The Bertz CT molecular complexity index is 229. The van der Waals surface area contributed by atoms with Gasteiger partial charge in [0.25, 0.3) is 0 Å². The first kappa shape index (κ1) is 11.0. The smallest absolute Gasteiger partial charge is 0.418 e. The molecule has 0 aromatic heterocycles. The van der Waals surface area contributed by atoms with Crippen LogP contribution in [0.4, 0.5) is 4.79 Å². The van der Waals surface area contributed by atoms with Crippen molar-refractivity contribution in [3.63, 3.8) is 0 Å². The maximum Gasteiger partial charge on any atom is 0.418 e. The van der Waals surface area contributed by atoms with Crippen LogP contribution in [0.25, 0.3) is 0 Å². The molecule has 1 heterocycles. The molecule has 0 radical (unpaired) electrons. The number of methoxy groups -OCH3 is 1. The standard InChI is InChI=1S/C9H15NO4/c1-3-14-9(12)10-7(11)5-4-6-8(10)13-2/h8H,3-6H2,1-2H3. The fourth-order valence-corrected chi connectivity index (χ4v) is 1.47. The van der Waals surface area contributed by atoms with Crippen LogP contribution < -0.4 is 0 Å². The van der Waals surface area contributed by atoms with E-state index in [1.165, 1.54) is 7.11 Å². The van der Waals surface area contributed by atoms with Gasteiger partial charge >= 0.3 is 6.09 Å². The zero-order chi connectivity index (χ0) is 10.6. The third-order valence-electron chi connectivity index (χ3n) is 2.13. The average Bonchev–Trinajstić information content (AvgIpc) is 2.17. The van der Waals surface area contributed by atoms with E-state index in [-0.39, 0.29) is 12.5 Å². The lowest BCUT2D eigenvalue weighted by molar-refractivity contribution is -0.145. The van der Waals surface area contributed by atoms with E-state index >= 15 is 0 Å². The van der Waals surface area contributed by atoms with Gasteiger partial charge in [-0.25, -0.2) is 9.69 Å². The van der Waals surface area contributed by atoms with Gasteiger partial charge in [-0.3, -0.25) is 4.79 Å². The summed E-state index contributed by atoms with van der Waals surface area (Å²) in [6.07, 6.45) is 0.756. The largest absolute Gasteiger partial charge is 0.449 e. The third kappa shape index (κ3) is 2.23. The number of likely N-dealkylation sites (tertiary alicyclic amines) is 1. The molecule has 0 aromatic rings. The van der Waals surface area contributed by atoms with Gasteiger partial charge in [0.05, 0.1) is 6.61 Å². The number of carbonyl (C=O) groups is 2. The lowest BCUT2D eigenvalue weighted by Crippen LogP contribution is -2.48. The Labute approximate surface area is 83.0 Å². The molecular weight excluding hydrogens is 186 g/mol. The van der Waals surface area contributed by atoms with Crippen molar-refractivity contribution in [2.75, 3.05) is 13.7 Å². The first-order valence-electron chi connectivity index (χ1n) is 4.72. The molecule has 1 rings (SSSR count). The van der Waals surface area contributed by atoms with Gasteiger partial charge in [-0.05, 0) is 19.8 Å². The van der Waals surface area contributed by atoms with Gasteiger partial charge in [0.1, 0.15) is 6.23 Å². The molecule has 0 spiro atoms. The summed E-state index contributed by atoms with van der Waals surface area (Å²) < 4.78 is 9.82. The Hall–Kier alpha value is -1.10. The molecule has 1 aliphatic rings. The van der Waals surface area contributed by atoms with Crippen molar-refractivity contribution >= 4 is 12.0 Å². The van der Waals surface area contributed by atoms with E-state index in [0.717, 1.165) is 11.3 Å². The van der Waals surface area contributed by atoms with Crippen LogP contribution >= 0.6 is 0 Å². The summed E-state index contributed by atoms with van der Waals surface area (Å²) in [4.78, 5) is 23.9. The van der Waals surface area contributed by atoms with Crippen LogP contribution in [0.2, 0.25) is 0 Å². The van der Waals surface area contributed by atoms with Crippen molar-refractivity contribution < 1.29 is 19.1 Å². The van der Waals surface area contributed by atoms with E-state index in [1.807, 2.05) is 0 Å². The zero-order valence-electron chi connectivity index (χ0n) is 8.49. The molecule has 5 nitrogen and oxygen atoms in total. The van der Waals surface area contributed by atoms with Crippen molar-refractivity contribution in [3.05, 3.63) is 0 Å². The Morgan fingerprint density at radius 1 is 1.64 bits per heavy atom. The van der Waals surface area contributed by atoms with E-state index in [1.54, 1.807) is 6.92 Å². The highest BCUT2D eigenvalue weighted by atomic mass is 16.6. The number of nitrogens with zero attached hydrogens (tertiary/aromatic N) is 1. The molecule has 1 fully saturated rings. The lowest BCUT2D eigenvalue weighted by Gasteiger charge is -2.31. The fourth-order valence-electron chi connectivity index (χ4n) is 1.47. The second-order valence-electron chi connectivity index (χ2n) is 3.05. The quantitative estimate of drug-likeness (QED) is 0.672. The number of rotatable bonds is 2. The van der Waals surface area contributed by atoms with E-state index in [2.05, 4.69) is 0 Å². The number of hydrogen-bond acceptors (Lipinski definition) is 4. The van der Waals surface area contributed by atoms with E-state index in [0.29, 0.717) is 12.8 Å². The van der Waals surface area contributed by atoms with E-state index < -0.39 is 12.3 Å². The molecule has 1 unspecified atom stereocenters. The summed E-state index contributed by atoms with van der Waals surface area (Å²) >= 11 is 0. The van der Waals surface area contributed by atoms with Crippen LogP contribution in [0.5, 0.6) is 0 Å². The molecule has 0 aliphatic carbocycles. The van der Waals surface area contributed by atoms with Crippen LogP contribution in [0.1, 0.15) is 26.2 Å². The van der Waals surface area contributed by atoms with Gasteiger partial charge in [-0.2, -0.15) is 0 Å². The Kier molecular flexibility index (Phi) is 3.88. The summed E-state index contributed by atoms with van der Waals surface area (Å²) in [5.41, 5.74) is 0. The highest BCUT2D eigenvalue weighted by Gasteiger charge is 2.33. The van der Waals surface area contributed by atoms with Crippen LogP contribution in [-0.4, -0.2) is 36.8 Å². The molecule has 1 aliphatic heterocycles. The monoisotopic (exact) mass is 201 g/mol. The summed E-state index contributed by atoms with van der Waals surface area (Å²) in [5, 5.41) is 0. The van der Waals surface area contributed by atoms with E-state index in [9.17, 15) is 9.59 Å². The molecule has 0 saturated carbocycles. The van der Waals surface area contributed by atoms with Crippen LogP contribution in [-0.2, 0) is 14.3 Å². The summed E-state index contributed by atoms with van der Waals surface area (Å²) in [6.45, 7) is 1.97. The van der Waals surface area contributed by atoms with Crippen molar-refractivity contribution in [1.82, 2.24) is 4.90 Å². The topological polar surface area (TPSA) is 55.8 Å². The SMILES string of the molecule is CCOC(=O)N1C(=O)CCCC1OC.